The summed E-state index contributed by atoms with van der Waals surface area (Å²) in [6.07, 6.45) is 6.40. The Kier molecular flexibility index (Phi) is 4.38. The van der Waals surface area contributed by atoms with Gasteiger partial charge in [-0.25, -0.2) is 0 Å². The fourth-order valence-electron chi connectivity index (χ4n) is 2.83. The molecule has 3 N–H and O–H groups in total. The molecular formula is C13H22N2S. The average Bonchev–Trinajstić information content (AvgIpc) is 2.91. The third-order valence-corrected chi connectivity index (χ3v) is 4.57. The van der Waals surface area contributed by atoms with E-state index in [-0.39, 0.29) is 0 Å². The summed E-state index contributed by atoms with van der Waals surface area (Å²) in [7, 11) is 0. The summed E-state index contributed by atoms with van der Waals surface area (Å²) in [6, 6.07) is 2.72. The molecule has 0 saturated heterocycles. The second-order valence-corrected chi connectivity index (χ2v) is 5.90. The van der Waals surface area contributed by atoms with E-state index in [1.54, 1.807) is 11.3 Å². The topological polar surface area (TPSA) is 38.0 Å². The summed E-state index contributed by atoms with van der Waals surface area (Å²) in [4.78, 5) is 0. The van der Waals surface area contributed by atoms with Gasteiger partial charge in [0.05, 0.1) is 0 Å². The van der Waals surface area contributed by atoms with Crippen LogP contribution in [0.5, 0.6) is 0 Å². The van der Waals surface area contributed by atoms with Crippen molar-refractivity contribution in [3.05, 3.63) is 22.4 Å². The molecule has 90 valence electrons. The lowest BCUT2D eigenvalue weighted by Gasteiger charge is -2.22. The lowest BCUT2D eigenvalue weighted by Crippen LogP contribution is -2.40. The zero-order chi connectivity index (χ0) is 11.4. The third-order valence-electron chi connectivity index (χ3n) is 3.84. The molecule has 0 aromatic carbocycles. The molecule has 3 heteroatoms. The van der Waals surface area contributed by atoms with Gasteiger partial charge in [0.1, 0.15) is 0 Å². The van der Waals surface area contributed by atoms with E-state index in [0.717, 1.165) is 18.3 Å². The molecule has 1 aliphatic carbocycles. The Labute approximate surface area is 102 Å². The van der Waals surface area contributed by atoms with Crippen molar-refractivity contribution in [2.75, 3.05) is 0 Å². The highest BCUT2D eigenvalue weighted by Gasteiger charge is 2.27. The minimum Gasteiger partial charge on any atom is -0.271 e. The van der Waals surface area contributed by atoms with Crippen LogP contribution in [-0.4, -0.2) is 6.04 Å². The highest BCUT2D eigenvalue weighted by Crippen LogP contribution is 2.33. The zero-order valence-corrected chi connectivity index (χ0v) is 10.8. The van der Waals surface area contributed by atoms with Crippen molar-refractivity contribution in [1.29, 1.82) is 0 Å². The fourth-order valence-corrected chi connectivity index (χ4v) is 3.53. The minimum atomic E-state index is 0.504. The molecule has 0 aliphatic heterocycles. The number of aryl methyl sites for hydroxylation is 1. The molecule has 3 unspecified atom stereocenters. The molecule has 1 fully saturated rings. The predicted octanol–water partition coefficient (Wildman–Crippen LogP) is 2.95. The first kappa shape index (κ1) is 12.1. The van der Waals surface area contributed by atoms with Gasteiger partial charge in [-0.1, -0.05) is 13.3 Å². The maximum Gasteiger partial charge on any atom is 0.0242 e. The summed E-state index contributed by atoms with van der Waals surface area (Å²) in [6.45, 7) is 2.35. The molecule has 0 bridgehead atoms. The smallest absolute Gasteiger partial charge is 0.0242 e. The summed E-state index contributed by atoms with van der Waals surface area (Å²) in [5.41, 5.74) is 4.49. The van der Waals surface area contributed by atoms with Gasteiger partial charge in [-0.3, -0.25) is 11.3 Å². The average molecular weight is 238 g/mol. The highest BCUT2D eigenvalue weighted by atomic mass is 32.1. The zero-order valence-electron chi connectivity index (χ0n) is 9.99. The number of thiophene rings is 1. The maximum atomic E-state index is 5.69. The lowest BCUT2D eigenvalue weighted by molar-refractivity contribution is 0.337. The first-order valence-electron chi connectivity index (χ1n) is 6.26. The Hall–Kier alpha value is -0.380. The van der Waals surface area contributed by atoms with E-state index < -0.39 is 0 Å². The van der Waals surface area contributed by atoms with Crippen molar-refractivity contribution in [2.45, 2.75) is 45.1 Å². The molecule has 0 spiro atoms. The molecule has 0 radical (unpaired) electrons. The van der Waals surface area contributed by atoms with Crippen molar-refractivity contribution in [3.8, 4) is 0 Å². The van der Waals surface area contributed by atoms with E-state index in [1.807, 2.05) is 0 Å². The van der Waals surface area contributed by atoms with Crippen molar-refractivity contribution in [3.63, 3.8) is 0 Å². The minimum absolute atomic E-state index is 0.504. The summed E-state index contributed by atoms with van der Waals surface area (Å²) < 4.78 is 0. The molecular weight excluding hydrogens is 216 g/mol. The van der Waals surface area contributed by atoms with Gasteiger partial charge in [-0.2, -0.15) is 11.3 Å². The second kappa shape index (κ2) is 5.80. The van der Waals surface area contributed by atoms with Crippen molar-refractivity contribution >= 4 is 11.3 Å². The van der Waals surface area contributed by atoms with E-state index in [4.69, 9.17) is 5.84 Å². The van der Waals surface area contributed by atoms with Gasteiger partial charge in [0.15, 0.2) is 0 Å². The van der Waals surface area contributed by atoms with E-state index in [9.17, 15) is 0 Å². The van der Waals surface area contributed by atoms with Crippen LogP contribution in [-0.2, 0) is 6.42 Å². The van der Waals surface area contributed by atoms with E-state index >= 15 is 0 Å². The van der Waals surface area contributed by atoms with Gasteiger partial charge in [-0.15, -0.1) is 0 Å². The molecule has 1 aromatic heterocycles. The van der Waals surface area contributed by atoms with Gasteiger partial charge in [0.25, 0.3) is 0 Å². The molecule has 1 aromatic rings. The normalized spacial score (nSPS) is 27.1. The van der Waals surface area contributed by atoms with Crippen LogP contribution in [0.15, 0.2) is 16.8 Å². The highest BCUT2D eigenvalue weighted by molar-refractivity contribution is 7.07. The molecule has 1 saturated carbocycles. The Balaban J connectivity index is 1.81. The van der Waals surface area contributed by atoms with Crippen LogP contribution in [0.3, 0.4) is 0 Å². The van der Waals surface area contributed by atoms with Gasteiger partial charge in [0, 0.05) is 6.04 Å². The van der Waals surface area contributed by atoms with Crippen LogP contribution in [0.1, 0.15) is 38.2 Å². The maximum absolute atomic E-state index is 5.69. The SMILES string of the molecule is CC1CCC(C(CCc2ccsc2)NN)C1. The molecule has 3 atom stereocenters. The van der Waals surface area contributed by atoms with Crippen LogP contribution in [0.2, 0.25) is 0 Å². The quantitative estimate of drug-likeness (QED) is 0.611. The molecule has 2 nitrogen and oxygen atoms in total. The molecule has 1 aliphatic rings. The van der Waals surface area contributed by atoms with Gasteiger partial charge >= 0.3 is 0 Å². The molecule has 0 amide bonds. The standard InChI is InChI=1S/C13H22N2S/c1-10-2-4-12(8-10)13(15-14)5-3-11-6-7-16-9-11/h6-7,9-10,12-13,15H,2-5,8,14H2,1H3. The second-order valence-electron chi connectivity index (χ2n) is 5.12. The fraction of sp³-hybridized carbons (Fsp3) is 0.692. The van der Waals surface area contributed by atoms with Gasteiger partial charge < -0.3 is 0 Å². The summed E-state index contributed by atoms with van der Waals surface area (Å²) >= 11 is 1.78. The van der Waals surface area contributed by atoms with Gasteiger partial charge in [-0.05, 0) is 59.9 Å². The summed E-state index contributed by atoms with van der Waals surface area (Å²) in [5, 5.41) is 4.39. The van der Waals surface area contributed by atoms with Crippen LogP contribution < -0.4 is 11.3 Å². The number of rotatable bonds is 5. The largest absolute Gasteiger partial charge is 0.271 e. The number of nitrogens with one attached hydrogen (secondary N) is 1. The van der Waals surface area contributed by atoms with E-state index in [1.165, 1.54) is 31.2 Å². The van der Waals surface area contributed by atoms with Crippen molar-refractivity contribution in [1.82, 2.24) is 5.43 Å². The Morgan fingerprint density at radius 3 is 3.00 bits per heavy atom. The van der Waals surface area contributed by atoms with E-state index in [0.29, 0.717) is 6.04 Å². The van der Waals surface area contributed by atoms with Crippen molar-refractivity contribution < 1.29 is 0 Å². The number of hydrogen-bond acceptors (Lipinski definition) is 3. The molecule has 1 heterocycles. The Morgan fingerprint density at radius 1 is 1.56 bits per heavy atom. The first-order valence-corrected chi connectivity index (χ1v) is 7.21. The Morgan fingerprint density at radius 2 is 2.44 bits per heavy atom. The van der Waals surface area contributed by atoms with Crippen molar-refractivity contribution in [2.24, 2.45) is 17.7 Å². The number of hydrazine groups is 1. The molecule has 16 heavy (non-hydrogen) atoms. The van der Waals surface area contributed by atoms with Crippen LogP contribution in [0, 0.1) is 11.8 Å². The van der Waals surface area contributed by atoms with Gasteiger partial charge in [0.2, 0.25) is 0 Å². The van der Waals surface area contributed by atoms with Crippen LogP contribution in [0.4, 0.5) is 0 Å². The first-order chi connectivity index (χ1) is 7.79. The number of nitrogens with two attached hydrogens (primary N) is 1. The third kappa shape index (κ3) is 3.06. The lowest BCUT2D eigenvalue weighted by atomic mass is 9.93. The number of hydrogen-bond donors (Lipinski definition) is 2. The predicted molar refractivity (Wildman–Crippen MR) is 70.3 cm³/mol. The Bertz CT molecular complexity index is 297. The molecule has 2 rings (SSSR count). The monoisotopic (exact) mass is 238 g/mol. The van der Waals surface area contributed by atoms with Crippen LogP contribution in [0.25, 0.3) is 0 Å². The summed E-state index contributed by atoms with van der Waals surface area (Å²) in [5.74, 6) is 7.37. The van der Waals surface area contributed by atoms with Crippen LogP contribution >= 0.6 is 11.3 Å². The van der Waals surface area contributed by atoms with E-state index in [2.05, 4.69) is 29.2 Å².